The molecule has 2 aromatic rings. The van der Waals surface area contributed by atoms with Crippen molar-refractivity contribution >= 4 is 11.7 Å². The second-order valence-corrected chi connectivity index (χ2v) is 5.67. The van der Waals surface area contributed by atoms with Gasteiger partial charge in [-0.25, -0.2) is 4.79 Å². The third-order valence-electron chi connectivity index (χ3n) is 3.30. The van der Waals surface area contributed by atoms with Crippen molar-refractivity contribution in [2.75, 3.05) is 13.7 Å². The summed E-state index contributed by atoms with van der Waals surface area (Å²) in [6.45, 7) is 4.31. The van der Waals surface area contributed by atoms with E-state index in [9.17, 15) is 14.9 Å². The molecule has 0 saturated carbocycles. The number of hydrogen-bond donors (Lipinski definition) is 0. The average molecular weight is 333 g/mol. The lowest BCUT2D eigenvalue weighted by Crippen LogP contribution is -2.07. The second-order valence-electron chi connectivity index (χ2n) is 5.67. The molecule has 0 N–H and O–H groups in total. The van der Waals surface area contributed by atoms with E-state index in [1.54, 1.807) is 19.2 Å². The highest BCUT2D eigenvalue weighted by atomic mass is 16.6. The summed E-state index contributed by atoms with van der Waals surface area (Å²) >= 11 is 0. The number of rotatable bonds is 6. The van der Waals surface area contributed by atoms with E-state index in [2.05, 4.69) is 9.84 Å². The average Bonchev–Trinajstić information content (AvgIpc) is 2.93. The molecule has 0 radical (unpaired) electrons. The fourth-order valence-corrected chi connectivity index (χ4v) is 2.10. The molecule has 0 aliphatic rings. The Balaban J connectivity index is 2.40. The molecule has 1 aromatic heterocycles. The van der Waals surface area contributed by atoms with Gasteiger partial charge in [0.1, 0.15) is 5.69 Å². The van der Waals surface area contributed by atoms with E-state index in [4.69, 9.17) is 4.74 Å². The number of aryl methyl sites for hydroxylation is 1. The van der Waals surface area contributed by atoms with Crippen molar-refractivity contribution in [3.8, 4) is 17.0 Å². The predicted molar refractivity (Wildman–Crippen MR) is 87.0 cm³/mol. The fourth-order valence-electron chi connectivity index (χ4n) is 2.10. The predicted octanol–water partition coefficient (Wildman–Crippen LogP) is 2.82. The molecule has 128 valence electrons. The van der Waals surface area contributed by atoms with Gasteiger partial charge in [-0.1, -0.05) is 13.8 Å². The van der Waals surface area contributed by atoms with Crippen molar-refractivity contribution in [1.82, 2.24) is 9.78 Å². The van der Waals surface area contributed by atoms with Gasteiger partial charge in [0.15, 0.2) is 5.75 Å². The molecule has 1 aromatic carbocycles. The molecule has 0 saturated heterocycles. The van der Waals surface area contributed by atoms with Crippen LogP contribution in [0.2, 0.25) is 0 Å². The normalized spacial score (nSPS) is 10.7. The maximum atomic E-state index is 11.6. The Labute approximate surface area is 139 Å². The molecular weight excluding hydrogens is 314 g/mol. The zero-order chi connectivity index (χ0) is 17.9. The Bertz CT molecular complexity index is 767. The van der Waals surface area contributed by atoms with E-state index in [1.165, 1.54) is 23.9 Å². The first-order valence-electron chi connectivity index (χ1n) is 7.37. The highest BCUT2D eigenvalue weighted by Crippen LogP contribution is 2.32. The number of aromatic nitrogens is 2. The number of carbonyl (C=O) groups excluding carboxylic acids is 1. The summed E-state index contributed by atoms with van der Waals surface area (Å²) in [5, 5.41) is 15.5. The number of esters is 1. The summed E-state index contributed by atoms with van der Waals surface area (Å²) in [5.74, 6) is -0.0631. The van der Waals surface area contributed by atoms with Gasteiger partial charge in [-0.05, 0) is 24.1 Å². The van der Waals surface area contributed by atoms with E-state index < -0.39 is 10.9 Å². The largest absolute Gasteiger partial charge is 0.487 e. The highest BCUT2D eigenvalue weighted by molar-refractivity contribution is 5.89. The first-order chi connectivity index (χ1) is 11.3. The van der Waals surface area contributed by atoms with E-state index in [1.807, 2.05) is 13.8 Å². The molecule has 0 spiro atoms. The maximum Gasteiger partial charge on any atom is 0.356 e. The number of methoxy groups -OCH3 is 1. The molecule has 0 aliphatic heterocycles. The van der Waals surface area contributed by atoms with Crippen LogP contribution in [0, 0.1) is 16.0 Å². The van der Waals surface area contributed by atoms with Crippen molar-refractivity contribution in [2.24, 2.45) is 13.0 Å². The third kappa shape index (κ3) is 3.70. The van der Waals surface area contributed by atoms with Crippen LogP contribution in [0.15, 0.2) is 24.3 Å². The van der Waals surface area contributed by atoms with Gasteiger partial charge >= 0.3 is 11.7 Å². The summed E-state index contributed by atoms with van der Waals surface area (Å²) in [5.41, 5.74) is 1.08. The number of benzene rings is 1. The van der Waals surface area contributed by atoms with E-state index >= 15 is 0 Å². The highest BCUT2D eigenvalue weighted by Gasteiger charge is 2.20. The van der Waals surface area contributed by atoms with Gasteiger partial charge in [-0.2, -0.15) is 5.10 Å². The van der Waals surface area contributed by atoms with Gasteiger partial charge in [0.25, 0.3) is 0 Å². The van der Waals surface area contributed by atoms with Crippen molar-refractivity contribution in [2.45, 2.75) is 13.8 Å². The number of ether oxygens (including phenoxy) is 2. The monoisotopic (exact) mass is 333 g/mol. The summed E-state index contributed by atoms with van der Waals surface area (Å²) in [6.07, 6.45) is 0. The first kappa shape index (κ1) is 17.5. The Morgan fingerprint density at radius 3 is 2.67 bits per heavy atom. The second kappa shape index (κ2) is 7.12. The molecule has 0 atom stereocenters. The number of carbonyl (C=O) groups is 1. The number of nitrogens with zero attached hydrogens (tertiary/aromatic N) is 3. The van der Waals surface area contributed by atoms with Crippen molar-refractivity contribution in [3.05, 3.63) is 40.1 Å². The first-order valence-corrected chi connectivity index (χ1v) is 7.37. The minimum absolute atomic E-state index is 0.140. The zero-order valence-electron chi connectivity index (χ0n) is 14.0. The topological polar surface area (TPSA) is 96.5 Å². The molecule has 24 heavy (non-hydrogen) atoms. The van der Waals surface area contributed by atoms with Gasteiger partial charge in [0.2, 0.25) is 0 Å². The standard InChI is InChI=1S/C16H19N3O5/c1-10(2)9-24-15-6-5-11(7-13(15)19(21)22)12-8-14(16(20)23-4)18(3)17-12/h5-8,10H,9H2,1-4H3. The Hall–Kier alpha value is -2.90. The van der Waals surface area contributed by atoms with Gasteiger partial charge in [0, 0.05) is 18.7 Å². The lowest BCUT2D eigenvalue weighted by atomic mass is 10.1. The third-order valence-corrected chi connectivity index (χ3v) is 3.30. The van der Waals surface area contributed by atoms with E-state index in [-0.39, 0.29) is 23.0 Å². The van der Waals surface area contributed by atoms with Crippen LogP contribution in [0.3, 0.4) is 0 Å². The number of nitro groups is 1. The van der Waals surface area contributed by atoms with Gasteiger partial charge < -0.3 is 9.47 Å². The van der Waals surface area contributed by atoms with Crippen LogP contribution in [0.25, 0.3) is 11.3 Å². The molecule has 2 rings (SSSR count). The lowest BCUT2D eigenvalue weighted by Gasteiger charge is -2.09. The maximum absolute atomic E-state index is 11.6. The van der Waals surface area contributed by atoms with Crippen LogP contribution in [-0.2, 0) is 11.8 Å². The number of nitro benzene ring substituents is 1. The van der Waals surface area contributed by atoms with Crippen LogP contribution in [0.5, 0.6) is 5.75 Å². The van der Waals surface area contributed by atoms with Gasteiger partial charge in [0.05, 0.1) is 24.3 Å². The minimum Gasteiger partial charge on any atom is -0.487 e. The summed E-state index contributed by atoms with van der Waals surface area (Å²) in [4.78, 5) is 22.5. The lowest BCUT2D eigenvalue weighted by molar-refractivity contribution is -0.385. The zero-order valence-corrected chi connectivity index (χ0v) is 14.0. The smallest absolute Gasteiger partial charge is 0.356 e. The SMILES string of the molecule is COC(=O)c1cc(-c2ccc(OCC(C)C)c([N+](=O)[O-])c2)nn1C. The van der Waals surface area contributed by atoms with Crippen molar-refractivity contribution in [1.29, 1.82) is 0 Å². The molecule has 8 heteroatoms. The molecule has 0 unspecified atom stereocenters. The molecule has 0 aliphatic carbocycles. The van der Waals surface area contributed by atoms with E-state index in [0.717, 1.165) is 0 Å². The molecule has 0 bridgehead atoms. The minimum atomic E-state index is -0.525. The van der Waals surface area contributed by atoms with Crippen LogP contribution < -0.4 is 4.74 Å². The van der Waals surface area contributed by atoms with E-state index in [0.29, 0.717) is 17.9 Å². The molecule has 0 amide bonds. The van der Waals surface area contributed by atoms with Crippen molar-refractivity contribution < 1.29 is 19.2 Å². The van der Waals surface area contributed by atoms with Crippen LogP contribution in [0.4, 0.5) is 5.69 Å². The molecular formula is C16H19N3O5. The van der Waals surface area contributed by atoms with Gasteiger partial charge in [-0.15, -0.1) is 0 Å². The Morgan fingerprint density at radius 2 is 2.08 bits per heavy atom. The number of hydrogen-bond acceptors (Lipinski definition) is 6. The van der Waals surface area contributed by atoms with Gasteiger partial charge in [-0.3, -0.25) is 14.8 Å². The van der Waals surface area contributed by atoms with Crippen LogP contribution >= 0.6 is 0 Å². The van der Waals surface area contributed by atoms with Crippen molar-refractivity contribution in [3.63, 3.8) is 0 Å². The Morgan fingerprint density at radius 1 is 1.38 bits per heavy atom. The summed E-state index contributed by atoms with van der Waals surface area (Å²) in [6, 6.07) is 6.13. The molecule has 8 nitrogen and oxygen atoms in total. The summed E-state index contributed by atoms with van der Waals surface area (Å²) in [7, 11) is 2.88. The fraction of sp³-hybridized carbons (Fsp3) is 0.375. The van der Waals surface area contributed by atoms with Crippen LogP contribution in [0.1, 0.15) is 24.3 Å². The quantitative estimate of drug-likeness (QED) is 0.458. The van der Waals surface area contributed by atoms with Crippen LogP contribution in [-0.4, -0.2) is 34.4 Å². The Kier molecular flexibility index (Phi) is 5.18. The summed E-state index contributed by atoms with van der Waals surface area (Å²) < 4.78 is 11.5. The molecule has 0 fully saturated rings. The molecule has 1 heterocycles.